The smallest absolute Gasteiger partial charge is 0.253 e. The van der Waals surface area contributed by atoms with Gasteiger partial charge < -0.3 is 15.8 Å². The predicted molar refractivity (Wildman–Crippen MR) is 71.7 cm³/mol. The molecule has 1 aromatic carbocycles. The van der Waals surface area contributed by atoms with Crippen molar-refractivity contribution in [3.05, 3.63) is 36.2 Å². The maximum absolute atomic E-state index is 12.0. The summed E-state index contributed by atoms with van der Waals surface area (Å²) in [5.41, 5.74) is 7.12. The Kier molecular flexibility index (Phi) is 4.77. The number of carbonyl (C=O) groups is 1. The molecule has 0 unspecified atom stereocenters. The number of para-hydroxylation sites is 1. The van der Waals surface area contributed by atoms with Gasteiger partial charge in [0.05, 0.1) is 24.3 Å². The van der Waals surface area contributed by atoms with Crippen LogP contribution in [-0.2, 0) is 4.74 Å². The van der Waals surface area contributed by atoms with Crippen molar-refractivity contribution in [2.24, 2.45) is 5.73 Å². The van der Waals surface area contributed by atoms with Crippen molar-refractivity contribution < 1.29 is 9.53 Å². The summed E-state index contributed by atoms with van der Waals surface area (Å²) in [6.07, 6.45) is 3.17. The van der Waals surface area contributed by atoms with Crippen molar-refractivity contribution in [2.45, 2.75) is 0 Å². The van der Waals surface area contributed by atoms with Gasteiger partial charge in [-0.05, 0) is 12.1 Å². The monoisotopic (exact) mass is 260 g/mol. The number of benzene rings is 1. The zero-order chi connectivity index (χ0) is 13.5. The van der Waals surface area contributed by atoms with E-state index in [0.29, 0.717) is 42.9 Å². The Hall–Kier alpha value is -2.05. The van der Waals surface area contributed by atoms with E-state index in [9.17, 15) is 4.79 Å². The van der Waals surface area contributed by atoms with Gasteiger partial charge in [-0.1, -0.05) is 6.07 Å². The molecule has 0 bridgehead atoms. The second-order valence-corrected chi connectivity index (χ2v) is 3.89. The molecule has 1 heterocycles. The zero-order valence-electron chi connectivity index (χ0n) is 10.5. The summed E-state index contributed by atoms with van der Waals surface area (Å²) in [7, 11) is 0. The minimum Gasteiger partial charge on any atom is -0.378 e. The van der Waals surface area contributed by atoms with Crippen LogP contribution >= 0.6 is 0 Å². The molecule has 0 atom stereocenters. The van der Waals surface area contributed by atoms with Crippen molar-refractivity contribution in [1.82, 2.24) is 15.3 Å². The van der Waals surface area contributed by atoms with E-state index >= 15 is 0 Å². The van der Waals surface area contributed by atoms with E-state index in [1.54, 1.807) is 24.5 Å². The van der Waals surface area contributed by atoms with Crippen molar-refractivity contribution >= 4 is 16.9 Å². The lowest BCUT2D eigenvalue weighted by molar-refractivity contribution is 0.0921. The van der Waals surface area contributed by atoms with Crippen molar-refractivity contribution in [2.75, 3.05) is 26.3 Å². The van der Waals surface area contributed by atoms with Gasteiger partial charge in [-0.2, -0.15) is 0 Å². The van der Waals surface area contributed by atoms with Crippen molar-refractivity contribution in [3.8, 4) is 0 Å². The minimum atomic E-state index is -0.178. The first kappa shape index (κ1) is 13.4. The van der Waals surface area contributed by atoms with Gasteiger partial charge in [0.2, 0.25) is 0 Å². The molecule has 2 rings (SSSR count). The van der Waals surface area contributed by atoms with Crippen LogP contribution in [0.3, 0.4) is 0 Å². The van der Waals surface area contributed by atoms with Gasteiger partial charge in [0.25, 0.3) is 5.91 Å². The molecule has 0 aliphatic rings. The summed E-state index contributed by atoms with van der Waals surface area (Å²) < 4.78 is 5.19. The largest absolute Gasteiger partial charge is 0.378 e. The quantitative estimate of drug-likeness (QED) is 0.731. The molecule has 0 saturated heterocycles. The van der Waals surface area contributed by atoms with E-state index in [1.807, 2.05) is 6.07 Å². The highest BCUT2D eigenvalue weighted by Crippen LogP contribution is 2.13. The highest BCUT2D eigenvalue weighted by atomic mass is 16.5. The fraction of sp³-hybridized carbons (Fsp3) is 0.308. The van der Waals surface area contributed by atoms with Crippen LogP contribution in [0, 0.1) is 0 Å². The van der Waals surface area contributed by atoms with E-state index in [0.717, 1.165) is 0 Å². The standard InChI is InChI=1S/C13H16N4O2/c14-4-8-19-9-7-17-13(18)10-2-1-3-11-12(10)16-6-5-15-11/h1-3,5-6H,4,7-9,14H2,(H,17,18). The Morgan fingerprint density at radius 3 is 2.95 bits per heavy atom. The van der Waals surface area contributed by atoms with Crippen molar-refractivity contribution in [3.63, 3.8) is 0 Å². The summed E-state index contributed by atoms with van der Waals surface area (Å²) in [4.78, 5) is 20.4. The number of ether oxygens (including phenoxy) is 1. The lowest BCUT2D eigenvalue weighted by Crippen LogP contribution is -2.28. The number of nitrogens with zero attached hydrogens (tertiary/aromatic N) is 2. The van der Waals surface area contributed by atoms with Crippen LogP contribution in [0.4, 0.5) is 0 Å². The number of fused-ring (bicyclic) bond motifs is 1. The molecule has 0 aliphatic carbocycles. The van der Waals surface area contributed by atoms with Gasteiger partial charge >= 0.3 is 0 Å². The summed E-state index contributed by atoms with van der Waals surface area (Å²) >= 11 is 0. The third-order valence-corrected chi connectivity index (χ3v) is 2.54. The lowest BCUT2D eigenvalue weighted by Gasteiger charge is -2.07. The molecule has 100 valence electrons. The highest BCUT2D eigenvalue weighted by Gasteiger charge is 2.10. The van der Waals surface area contributed by atoms with E-state index < -0.39 is 0 Å². The van der Waals surface area contributed by atoms with Gasteiger partial charge in [-0.25, -0.2) is 0 Å². The number of hydrogen-bond acceptors (Lipinski definition) is 5. The molecular formula is C13H16N4O2. The summed E-state index contributed by atoms with van der Waals surface area (Å²) in [5, 5.41) is 2.78. The van der Waals surface area contributed by atoms with Crippen LogP contribution in [0.25, 0.3) is 11.0 Å². The second kappa shape index (κ2) is 6.77. The molecule has 0 spiro atoms. The third kappa shape index (κ3) is 3.46. The summed E-state index contributed by atoms with van der Waals surface area (Å²) in [5.74, 6) is -0.178. The van der Waals surface area contributed by atoms with Crippen LogP contribution in [0.15, 0.2) is 30.6 Å². The van der Waals surface area contributed by atoms with E-state index in [4.69, 9.17) is 10.5 Å². The molecule has 0 fully saturated rings. The molecule has 1 aromatic heterocycles. The molecule has 1 amide bonds. The fourth-order valence-corrected chi connectivity index (χ4v) is 1.69. The van der Waals surface area contributed by atoms with Crippen LogP contribution in [-0.4, -0.2) is 42.2 Å². The molecule has 0 radical (unpaired) electrons. The highest BCUT2D eigenvalue weighted by molar-refractivity contribution is 6.04. The fourth-order valence-electron chi connectivity index (χ4n) is 1.69. The van der Waals surface area contributed by atoms with Gasteiger partial charge in [-0.3, -0.25) is 14.8 Å². The predicted octanol–water partition coefficient (Wildman–Crippen LogP) is 0.335. The van der Waals surface area contributed by atoms with Crippen LogP contribution in [0.2, 0.25) is 0 Å². The Balaban J connectivity index is 2.01. The van der Waals surface area contributed by atoms with Gasteiger partial charge in [0.1, 0.15) is 5.52 Å². The third-order valence-electron chi connectivity index (χ3n) is 2.54. The molecular weight excluding hydrogens is 244 g/mol. The first-order valence-corrected chi connectivity index (χ1v) is 6.08. The lowest BCUT2D eigenvalue weighted by atomic mass is 10.1. The Labute approximate surface area is 111 Å². The average Bonchev–Trinajstić information content (AvgIpc) is 2.46. The molecule has 0 saturated carbocycles. The van der Waals surface area contributed by atoms with Crippen LogP contribution in [0.5, 0.6) is 0 Å². The Morgan fingerprint density at radius 2 is 2.11 bits per heavy atom. The minimum absolute atomic E-state index is 0.178. The summed E-state index contributed by atoms with van der Waals surface area (Å²) in [6.45, 7) is 1.86. The number of nitrogens with one attached hydrogen (secondary N) is 1. The van der Waals surface area contributed by atoms with Crippen LogP contribution in [0.1, 0.15) is 10.4 Å². The molecule has 19 heavy (non-hydrogen) atoms. The maximum atomic E-state index is 12.0. The average molecular weight is 260 g/mol. The summed E-state index contributed by atoms with van der Waals surface area (Å²) in [6, 6.07) is 5.34. The SMILES string of the molecule is NCCOCCNC(=O)c1cccc2nccnc12. The van der Waals surface area contributed by atoms with Gasteiger partial charge in [0, 0.05) is 25.5 Å². The van der Waals surface area contributed by atoms with Crippen molar-refractivity contribution in [1.29, 1.82) is 0 Å². The second-order valence-electron chi connectivity index (χ2n) is 3.89. The first-order chi connectivity index (χ1) is 9.33. The number of amides is 1. The number of nitrogens with two attached hydrogens (primary N) is 1. The van der Waals surface area contributed by atoms with Gasteiger partial charge in [0.15, 0.2) is 0 Å². The Morgan fingerprint density at radius 1 is 1.26 bits per heavy atom. The number of hydrogen-bond donors (Lipinski definition) is 2. The zero-order valence-corrected chi connectivity index (χ0v) is 10.5. The normalized spacial score (nSPS) is 10.6. The molecule has 6 nitrogen and oxygen atoms in total. The van der Waals surface area contributed by atoms with E-state index in [2.05, 4.69) is 15.3 Å². The molecule has 3 N–H and O–H groups in total. The van der Waals surface area contributed by atoms with E-state index in [-0.39, 0.29) is 5.91 Å². The maximum Gasteiger partial charge on any atom is 0.253 e. The molecule has 2 aromatic rings. The number of rotatable bonds is 6. The van der Waals surface area contributed by atoms with Crippen LogP contribution < -0.4 is 11.1 Å². The Bertz CT molecular complexity index is 554. The topological polar surface area (TPSA) is 90.1 Å². The first-order valence-electron chi connectivity index (χ1n) is 6.08. The number of aromatic nitrogens is 2. The molecule has 0 aliphatic heterocycles. The van der Waals surface area contributed by atoms with E-state index in [1.165, 1.54) is 0 Å². The molecule has 6 heteroatoms. The van der Waals surface area contributed by atoms with Gasteiger partial charge in [-0.15, -0.1) is 0 Å². The number of carbonyl (C=O) groups excluding carboxylic acids is 1.